The number of rotatable bonds is 3. The van der Waals surface area contributed by atoms with Crippen molar-refractivity contribution in [2.45, 2.75) is 12.8 Å². The van der Waals surface area contributed by atoms with Crippen LogP contribution in [-0.2, 0) is 0 Å². The number of ether oxygens (including phenoxy) is 1. The van der Waals surface area contributed by atoms with Gasteiger partial charge in [0.2, 0.25) is 0 Å². The van der Waals surface area contributed by atoms with Gasteiger partial charge in [-0.15, -0.1) is 0 Å². The summed E-state index contributed by atoms with van der Waals surface area (Å²) in [5.74, 6) is 2.01. The molecule has 1 unspecified atom stereocenters. The number of nitrogens with one attached hydrogen (secondary N) is 1. The molecule has 3 rings (SSSR count). The van der Waals surface area contributed by atoms with E-state index >= 15 is 0 Å². The van der Waals surface area contributed by atoms with E-state index < -0.39 is 0 Å². The summed E-state index contributed by atoms with van der Waals surface area (Å²) in [5.41, 5.74) is 3.26. The first-order valence-electron chi connectivity index (χ1n) is 6.47. The lowest BCUT2D eigenvalue weighted by atomic mass is 10.0. The van der Waals surface area contributed by atoms with Crippen LogP contribution in [0, 0.1) is 0 Å². The number of nitrogens with zero attached hydrogens (tertiary/aromatic N) is 1. The molecule has 20 heavy (non-hydrogen) atoms. The predicted octanol–water partition coefficient (Wildman–Crippen LogP) is 4.49. The highest BCUT2D eigenvalue weighted by Crippen LogP contribution is 2.31. The summed E-state index contributed by atoms with van der Waals surface area (Å²) in [6, 6.07) is 14.2. The molecule has 3 nitrogen and oxygen atoms in total. The molecule has 0 saturated heterocycles. The van der Waals surface area contributed by atoms with E-state index in [2.05, 4.69) is 45.0 Å². The first kappa shape index (κ1) is 13.2. The molecule has 0 amide bonds. The van der Waals surface area contributed by atoms with Gasteiger partial charge in [0.25, 0.3) is 0 Å². The number of aromatic amines is 1. The summed E-state index contributed by atoms with van der Waals surface area (Å²) in [6.07, 6.45) is 0. The van der Waals surface area contributed by atoms with Crippen molar-refractivity contribution < 1.29 is 4.74 Å². The number of H-pyrrole nitrogens is 1. The van der Waals surface area contributed by atoms with Crippen molar-refractivity contribution in [1.29, 1.82) is 0 Å². The van der Waals surface area contributed by atoms with E-state index in [0.29, 0.717) is 0 Å². The summed E-state index contributed by atoms with van der Waals surface area (Å²) >= 11 is 3.53. The number of hydrogen-bond acceptors (Lipinski definition) is 2. The lowest BCUT2D eigenvalue weighted by molar-refractivity contribution is 0.412. The van der Waals surface area contributed by atoms with Crippen molar-refractivity contribution in [3.05, 3.63) is 58.3 Å². The van der Waals surface area contributed by atoms with E-state index in [1.54, 1.807) is 7.11 Å². The first-order valence-corrected chi connectivity index (χ1v) is 7.26. The molecule has 0 saturated carbocycles. The normalized spacial score (nSPS) is 12.6. The van der Waals surface area contributed by atoms with Crippen LogP contribution < -0.4 is 4.74 Å². The average Bonchev–Trinajstić information content (AvgIpc) is 2.90. The summed E-state index contributed by atoms with van der Waals surface area (Å²) in [7, 11) is 1.67. The smallest absolute Gasteiger partial charge is 0.133 e. The van der Waals surface area contributed by atoms with Crippen LogP contribution in [0.25, 0.3) is 11.0 Å². The molecule has 0 aliphatic heterocycles. The second-order valence-electron chi connectivity index (χ2n) is 4.75. The Balaban J connectivity index is 1.99. The minimum Gasteiger partial charge on any atom is -0.496 e. The maximum atomic E-state index is 5.26. The molecule has 0 aliphatic rings. The Kier molecular flexibility index (Phi) is 3.49. The van der Waals surface area contributed by atoms with Crippen molar-refractivity contribution in [3.8, 4) is 5.75 Å². The maximum Gasteiger partial charge on any atom is 0.133 e. The molecule has 3 aromatic rings. The molecule has 0 aliphatic carbocycles. The van der Waals surface area contributed by atoms with Gasteiger partial charge in [-0.3, -0.25) is 0 Å². The molecule has 4 heteroatoms. The van der Waals surface area contributed by atoms with Gasteiger partial charge in [-0.25, -0.2) is 4.98 Å². The molecule has 0 bridgehead atoms. The number of benzene rings is 2. The summed E-state index contributed by atoms with van der Waals surface area (Å²) < 4.78 is 6.22. The number of fused-ring (bicyclic) bond motifs is 1. The average molecular weight is 331 g/mol. The van der Waals surface area contributed by atoms with E-state index in [1.807, 2.05) is 30.3 Å². The van der Waals surface area contributed by atoms with E-state index in [-0.39, 0.29) is 5.92 Å². The summed E-state index contributed by atoms with van der Waals surface area (Å²) in [5, 5.41) is 0. The van der Waals surface area contributed by atoms with Crippen LogP contribution in [0.15, 0.2) is 46.9 Å². The molecular weight excluding hydrogens is 316 g/mol. The SMILES string of the molecule is COc1ccc(C(C)c2nc3ccccc3[nH]2)cc1Br. The highest BCUT2D eigenvalue weighted by molar-refractivity contribution is 9.10. The van der Waals surface area contributed by atoms with Gasteiger partial charge in [-0.1, -0.05) is 25.1 Å². The van der Waals surface area contributed by atoms with Crippen molar-refractivity contribution in [2.75, 3.05) is 7.11 Å². The number of hydrogen-bond donors (Lipinski definition) is 1. The Morgan fingerprint density at radius 3 is 2.70 bits per heavy atom. The fraction of sp³-hybridized carbons (Fsp3) is 0.188. The van der Waals surface area contributed by atoms with Gasteiger partial charge in [0, 0.05) is 5.92 Å². The van der Waals surface area contributed by atoms with Crippen LogP contribution in [0.1, 0.15) is 24.2 Å². The third-order valence-electron chi connectivity index (χ3n) is 3.49. The number of para-hydroxylation sites is 2. The monoisotopic (exact) mass is 330 g/mol. The van der Waals surface area contributed by atoms with Gasteiger partial charge in [-0.2, -0.15) is 0 Å². The third-order valence-corrected chi connectivity index (χ3v) is 4.11. The molecule has 1 atom stereocenters. The molecule has 0 spiro atoms. The lowest BCUT2D eigenvalue weighted by Gasteiger charge is -2.11. The summed E-state index contributed by atoms with van der Waals surface area (Å²) in [4.78, 5) is 8.04. The van der Waals surface area contributed by atoms with Gasteiger partial charge in [0.1, 0.15) is 11.6 Å². The highest BCUT2D eigenvalue weighted by atomic mass is 79.9. The van der Waals surface area contributed by atoms with E-state index in [1.165, 1.54) is 5.56 Å². The van der Waals surface area contributed by atoms with Crippen LogP contribution in [0.5, 0.6) is 5.75 Å². The number of imidazole rings is 1. The lowest BCUT2D eigenvalue weighted by Crippen LogP contribution is -1.99. The van der Waals surface area contributed by atoms with E-state index in [4.69, 9.17) is 4.74 Å². The van der Waals surface area contributed by atoms with E-state index in [9.17, 15) is 0 Å². The Hall–Kier alpha value is -1.81. The first-order chi connectivity index (χ1) is 9.69. The Bertz CT molecular complexity index is 718. The second-order valence-corrected chi connectivity index (χ2v) is 5.61. The fourth-order valence-corrected chi connectivity index (χ4v) is 2.85. The molecule has 1 aromatic heterocycles. The summed E-state index contributed by atoms with van der Waals surface area (Å²) in [6.45, 7) is 2.14. The van der Waals surface area contributed by atoms with Gasteiger partial charge in [0.15, 0.2) is 0 Å². The fourth-order valence-electron chi connectivity index (χ4n) is 2.29. The van der Waals surface area contributed by atoms with Crippen molar-refractivity contribution in [2.24, 2.45) is 0 Å². The molecule has 1 heterocycles. The molecular formula is C16H15BrN2O. The van der Waals surface area contributed by atoms with Gasteiger partial charge in [0.05, 0.1) is 22.6 Å². The zero-order chi connectivity index (χ0) is 14.1. The predicted molar refractivity (Wildman–Crippen MR) is 84.3 cm³/mol. The van der Waals surface area contributed by atoms with E-state index in [0.717, 1.165) is 27.1 Å². The van der Waals surface area contributed by atoms with Crippen LogP contribution in [0.4, 0.5) is 0 Å². The van der Waals surface area contributed by atoms with Crippen LogP contribution in [-0.4, -0.2) is 17.1 Å². The Morgan fingerprint density at radius 2 is 2.00 bits per heavy atom. The molecule has 1 N–H and O–H groups in total. The van der Waals surface area contributed by atoms with Crippen molar-refractivity contribution in [3.63, 3.8) is 0 Å². The molecule has 102 valence electrons. The van der Waals surface area contributed by atoms with Gasteiger partial charge >= 0.3 is 0 Å². The minimum absolute atomic E-state index is 0.199. The molecule has 2 aromatic carbocycles. The quantitative estimate of drug-likeness (QED) is 0.768. The van der Waals surface area contributed by atoms with Gasteiger partial charge in [-0.05, 0) is 45.8 Å². The standard InChI is InChI=1S/C16H15BrN2O/c1-10(11-7-8-15(20-2)12(17)9-11)16-18-13-5-3-4-6-14(13)19-16/h3-10H,1-2H3,(H,18,19). The topological polar surface area (TPSA) is 37.9 Å². The number of aromatic nitrogens is 2. The van der Waals surface area contributed by atoms with Crippen LogP contribution >= 0.6 is 15.9 Å². The zero-order valence-corrected chi connectivity index (χ0v) is 12.9. The number of methoxy groups -OCH3 is 1. The Labute approximate surface area is 126 Å². The number of halogens is 1. The highest BCUT2D eigenvalue weighted by Gasteiger charge is 2.14. The molecule has 0 radical (unpaired) electrons. The van der Waals surface area contributed by atoms with Gasteiger partial charge < -0.3 is 9.72 Å². The van der Waals surface area contributed by atoms with Crippen molar-refractivity contribution in [1.82, 2.24) is 9.97 Å². The maximum absolute atomic E-state index is 5.26. The second kappa shape index (κ2) is 5.29. The van der Waals surface area contributed by atoms with Crippen LogP contribution in [0.3, 0.4) is 0 Å². The van der Waals surface area contributed by atoms with Crippen LogP contribution in [0.2, 0.25) is 0 Å². The largest absolute Gasteiger partial charge is 0.496 e. The van der Waals surface area contributed by atoms with Crippen molar-refractivity contribution >= 4 is 27.0 Å². The third kappa shape index (κ3) is 2.31. The minimum atomic E-state index is 0.199. The molecule has 0 fully saturated rings. The Morgan fingerprint density at radius 1 is 1.20 bits per heavy atom. The zero-order valence-electron chi connectivity index (χ0n) is 11.4.